The van der Waals surface area contributed by atoms with Crippen LogP contribution in [-0.2, 0) is 6.54 Å². The van der Waals surface area contributed by atoms with Crippen LogP contribution >= 0.6 is 0 Å². The monoisotopic (exact) mass is 410 g/mol. The van der Waals surface area contributed by atoms with Gasteiger partial charge in [-0.2, -0.15) is 5.01 Å². The third-order valence-corrected chi connectivity index (χ3v) is 6.94. The van der Waals surface area contributed by atoms with Gasteiger partial charge in [0, 0.05) is 11.1 Å². The highest BCUT2D eigenvalue weighted by Gasteiger charge is 2.52. The lowest BCUT2D eigenvalue weighted by Crippen LogP contribution is -3.12. The highest BCUT2D eigenvalue weighted by molar-refractivity contribution is 5.67. The van der Waals surface area contributed by atoms with Gasteiger partial charge < -0.3 is 15.1 Å². The van der Waals surface area contributed by atoms with Gasteiger partial charge in [0.05, 0.1) is 37.7 Å². The van der Waals surface area contributed by atoms with Gasteiger partial charge in [-0.1, -0.05) is 78.9 Å². The second-order valence-electron chi connectivity index (χ2n) is 8.87. The van der Waals surface area contributed by atoms with Gasteiger partial charge in [0.25, 0.3) is 0 Å². The molecule has 2 N–H and O–H groups in total. The lowest BCUT2D eigenvalue weighted by molar-refractivity contribution is -0.921. The predicted octanol–water partition coefficient (Wildman–Crippen LogP) is 3.56. The van der Waals surface area contributed by atoms with Gasteiger partial charge in [-0.15, -0.1) is 0 Å². The summed E-state index contributed by atoms with van der Waals surface area (Å²) in [5.41, 5.74) is 8.46. The van der Waals surface area contributed by atoms with Crippen LogP contribution < -0.4 is 15.1 Å². The molecule has 1 fully saturated rings. The Morgan fingerprint density at radius 1 is 0.871 bits per heavy atom. The fraction of sp³-hybridized carbons (Fsp3) is 0.259. The zero-order valence-electron chi connectivity index (χ0n) is 17.6. The summed E-state index contributed by atoms with van der Waals surface area (Å²) >= 11 is 0. The van der Waals surface area contributed by atoms with Crippen molar-refractivity contribution in [3.63, 3.8) is 0 Å². The van der Waals surface area contributed by atoms with Crippen LogP contribution in [-0.4, -0.2) is 23.8 Å². The zero-order chi connectivity index (χ0) is 20.7. The summed E-state index contributed by atoms with van der Waals surface area (Å²) in [6.07, 6.45) is 4.37. The molecule has 0 unspecified atom stereocenters. The first-order valence-corrected chi connectivity index (χ1v) is 11.3. The van der Waals surface area contributed by atoms with E-state index >= 15 is 0 Å². The van der Waals surface area contributed by atoms with E-state index in [0.717, 1.165) is 38.2 Å². The SMILES string of the molecule is C1=C(c2ccccc2)NN2[C@H]1c1ccccc1OC21CC[NH+](Cc2ccccc2)CC1. The zero-order valence-corrected chi connectivity index (χ0v) is 17.6. The summed E-state index contributed by atoms with van der Waals surface area (Å²) in [6, 6.07) is 30.1. The Labute approximate surface area is 183 Å². The molecule has 1 atom stereocenters. The number of piperidine rings is 1. The minimum Gasteiger partial charge on any atom is -0.470 e. The van der Waals surface area contributed by atoms with Crippen LogP contribution in [0.4, 0.5) is 0 Å². The van der Waals surface area contributed by atoms with Gasteiger partial charge in [0.2, 0.25) is 0 Å². The van der Waals surface area contributed by atoms with E-state index < -0.39 is 0 Å². The van der Waals surface area contributed by atoms with Crippen LogP contribution in [0.15, 0.2) is 91.0 Å². The lowest BCUT2D eigenvalue weighted by Gasteiger charge is -2.50. The maximum Gasteiger partial charge on any atom is 0.191 e. The molecule has 31 heavy (non-hydrogen) atoms. The number of para-hydroxylation sites is 1. The Kier molecular flexibility index (Phi) is 4.55. The third kappa shape index (κ3) is 3.32. The summed E-state index contributed by atoms with van der Waals surface area (Å²) in [5, 5.41) is 2.39. The van der Waals surface area contributed by atoms with Crippen molar-refractivity contribution < 1.29 is 9.64 Å². The molecule has 0 radical (unpaired) electrons. The lowest BCUT2D eigenvalue weighted by atomic mass is 9.92. The summed E-state index contributed by atoms with van der Waals surface area (Å²) < 4.78 is 6.77. The first-order chi connectivity index (χ1) is 15.3. The molecule has 3 heterocycles. The molecule has 0 aromatic heterocycles. The van der Waals surface area contributed by atoms with Gasteiger partial charge in [-0.25, -0.2) is 0 Å². The molecule has 4 nitrogen and oxygen atoms in total. The quantitative estimate of drug-likeness (QED) is 0.692. The van der Waals surface area contributed by atoms with Crippen LogP contribution in [0.25, 0.3) is 5.70 Å². The molecule has 156 valence electrons. The Morgan fingerprint density at radius 2 is 1.55 bits per heavy atom. The van der Waals surface area contributed by atoms with Crippen molar-refractivity contribution in [2.45, 2.75) is 31.2 Å². The van der Waals surface area contributed by atoms with E-state index in [1.807, 2.05) is 0 Å². The molecule has 0 bridgehead atoms. The van der Waals surface area contributed by atoms with Crippen LogP contribution in [0.2, 0.25) is 0 Å². The number of likely N-dealkylation sites (tertiary alicyclic amines) is 1. The molecule has 0 aliphatic carbocycles. The van der Waals surface area contributed by atoms with Crippen LogP contribution in [0.5, 0.6) is 5.75 Å². The number of ether oxygens (including phenoxy) is 1. The minimum absolute atomic E-state index is 0.191. The van der Waals surface area contributed by atoms with E-state index in [4.69, 9.17) is 4.74 Å². The average molecular weight is 411 g/mol. The summed E-state index contributed by atoms with van der Waals surface area (Å²) in [5.74, 6) is 1.03. The fourth-order valence-electron chi connectivity index (χ4n) is 5.30. The average Bonchev–Trinajstić information content (AvgIpc) is 3.29. The molecule has 3 aromatic carbocycles. The topological polar surface area (TPSA) is 28.9 Å². The van der Waals surface area contributed by atoms with Crippen molar-refractivity contribution in [2.75, 3.05) is 13.1 Å². The fourth-order valence-corrected chi connectivity index (χ4v) is 5.30. The molecule has 0 saturated carbocycles. The van der Waals surface area contributed by atoms with Gasteiger partial charge in [-0.05, 0) is 17.7 Å². The highest BCUT2D eigenvalue weighted by atomic mass is 16.5. The molecular formula is C27H28N3O+. The van der Waals surface area contributed by atoms with Crippen molar-refractivity contribution >= 4 is 5.70 Å². The van der Waals surface area contributed by atoms with E-state index in [1.54, 1.807) is 4.90 Å². The second-order valence-corrected chi connectivity index (χ2v) is 8.87. The molecule has 3 aromatic rings. The number of benzene rings is 3. The second kappa shape index (κ2) is 7.56. The molecule has 6 rings (SSSR count). The summed E-state index contributed by atoms with van der Waals surface area (Å²) in [6.45, 7) is 3.28. The van der Waals surface area contributed by atoms with Crippen molar-refractivity contribution in [2.24, 2.45) is 0 Å². The van der Waals surface area contributed by atoms with E-state index in [0.29, 0.717) is 0 Å². The van der Waals surface area contributed by atoms with Crippen LogP contribution in [0.3, 0.4) is 0 Å². The number of nitrogens with zero attached hydrogens (tertiary/aromatic N) is 1. The Hall–Kier alpha value is -3.08. The van der Waals surface area contributed by atoms with Crippen LogP contribution in [0.1, 0.15) is 35.6 Å². The normalized spacial score (nSPS) is 27.0. The van der Waals surface area contributed by atoms with Crippen molar-refractivity contribution in [3.8, 4) is 5.75 Å². The number of quaternary nitrogens is 1. The van der Waals surface area contributed by atoms with E-state index in [2.05, 4.69) is 101 Å². The maximum atomic E-state index is 6.77. The highest BCUT2D eigenvalue weighted by Crippen LogP contribution is 2.47. The molecule has 3 aliphatic heterocycles. The molecule has 0 amide bonds. The molecule has 3 aliphatic rings. The summed E-state index contributed by atoms with van der Waals surface area (Å²) in [4.78, 5) is 1.63. The number of hydrogen-bond donors (Lipinski definition) is 2. The molecule has 1 spiro atoms. The smallest absolute Gasteiger partial charge is 0.191 e. The first-order valence-electron chi connectivity index (χ1n) is 11.3. The van der Waals surface area contributed by atoms with Crippen molar-refractivity contribution in [1.29, 1.82) is 0 Å². The number of hydrazine groups is 1. The van der Waals surface area contributed by atoms with E-state index in [9.17, 15) is 0 Å². The number of hydrogen-bond acceptors (Lipinski definition) is 3. The Bertz CT molecular complexity index is 1090. The summed E-state index contributed by atoms with van der Waals surface area (Å²) in [7, 11) is 0. The number of rotatable bonds is 3. The van der Waals surface area contributed by atoms with Gasteiger partial charge in [-0.3, -0.25) is 0 Å². The number of nitrogens with one attached hydrogen (secondary N) is 2. The largest absolute Gasteiger partial charge is 0.470 e. The molecular weight excluding hydrogens is 382 g/mol. The maximum absolute atomic E-state index is 6.77. The molecule has 4 heteroatoms. The van der Waals surface area contributed by atoms with Crippen LogP contribution in [0, 0.1) is 0 Å². The van der Waals surface area contributed by atoms with Gasteiger partial charge in [0.1, 0.15) is 12.3 Å². The van der Waals surface area contributed by atoms with Gasteiger partial charge >= 0.3 is 0 Å². The third-order valence-electron chi connectivity index (χ3n) is 6.94. The Balaban J connectivity index is 1.28. The van der Waals surface area contributed by atoms with E-state index in [1.165, 1.54) is 22.4 Å². The van der Waals surface area contributed by atoms with Crippen molar-refractivity contribution in [1.82, 2.24) is 10.4 Å². The Morgan fingerprint density at radius 3 is 2.32 bits per heavy atom. The van der Waals surface area contributed by atoms with Gasteiger partial charge in [0.15, 0.2) is 5.72 Å². The minimum atomic E-state index is -0.313. The molecule has 1 saturated heterocycles. The van der Waals surface area contributed by atoms with E-state index in [-0.39, 0.29) is 11.8 Å². The first kappa shape index (κ1) is 18.7. The predicted molar refractivity (Wildman–Crippen MR) is 122 cm³/mol. The number of fused-ring (bicyclic) bond motifs is 4. The van der Waals surface area contributed by atoms with Crippen molar-refractivity contribution in [3.05, 3.63) is 108 Å². The standard InChI is InChI=1S/C27H27N3O/c1-3-9-21(10-4-1)20-29-17-15-27(16-18-29)30-25(23-13-7-8-14-26(23)31-27)19-24(28-30)22-11-5-2-6-12-22/h1-14,19,25,28H,15-18,20H2/p+1/t25-/m1/s1.